The Morgan fingerprint density at radius 2 is 1.67 bits per heavy atom. The number of amides is 3. The third kappa shape index (κ3) is 5.73. The first-order valence-electron chi connectivity index (χ1n) is 13.8. The normalized spacial score (nSPS) is 13.1. The second kappa shape index (κ2) is 11.9. The van der Waals surface area contributed by atoms with Crippen molar-refractivity contribution in [3.63, 3.8) is 0 Å². The quantitative estimate of drug-likeness (QED) is 0.158. The molecule has 1 aliphatic rings. The zero-order valence-electron chi connectivity index (χ0n) is 23.9. The molecule has 0 saturated carbocycles. The van der Waals surface area contributed by atoms with Crippen LogP contribution in [-0.2, 0) is 35.5 Å². The molecular weight excluding hydrogens is 555 g/mol. The average molecular weight is 590 g/mol. The maximum atomic E-state index is 13.1. The molecule has 3 aromatic carbocycles. The molecule has 1 aromatic heterocycles. The maximum absolute atomic E-state index is 13.1. The van der Waals surface area contributed by atoms with Gasteiger partial charge in [0.25, 0.3) is 23.5 Å². The summed E-state index contributed by atoms with van der Waals surface area (Å²) in [6, 6.07) is 19.5. The second-order valence-corrected chi connectivity index (χ2v) is 13.7. The minimum atomic E-state index is -2.33. The van der Waals surface area contributed by atoms with Crippen molar-refractivity contribution in [1.82, 2.24) is 14.8 Å². The van der Waals surface area contributed by atoms with Crippen molar-refractivity contribution in [1.29, 1.82) is 0 Å². The topological polar surface area (TPSA) is 122 Å². The summed E-state index contributed by atoms with van der Waals surface area (Å²) in [5.74, 6) is 0.174. The molecule has 1 aliphatic heterocycles. The lowest BCUT2D eigenvalue weighted by Crippen LogP contribution is -2.42. The summed E-state index contributed by atoms with van der Waals surface area (Å²) >= 11 is 0. The number of imide groups is 1. The Labute approximate surface area is 243 Å². The SMILES string of the molecule is CC[n+]1c(CN2C(=O)c3ccccc3C2=O)n(CCO)c2cc(OCC(=O)NCc3ccc(P(C)(C)=O)cc3)ccc21. The van der Waals surface area contributed by atoms with E-state index in [0.717, 1.165) is 21.9 Å². The van der Waals surface area contributed by atoms with Crippen LogP contribution in [0.3, 0.4) is 0 Å². The highest BCUT2D eigenvalue weighted by Crippen LogP contribution is 2.34. The number of benzene rings is 3. The highest BCUT2D eigenvalue weighted by Gasteiger charge is 2.38. The van der Waals surface area contributed by atoms with E-state index in [9.17, 15) is 24.1 Å². The number of nitrogens with zero attached hydrogens (tertiary/aromatic N) is 3. The summed E-state index contributed by atoms with van der Waals surface area (Å²) in [7, 11) is -2.33. The van der Waals surface area contributed by atoms with Crippen LogP contribution in [0, 0.1) is 0 Å². The van der Waals surface area contributed by atoms with Gasteiger partial charge in [-0.25, -0.2) is 9.13 Å². The lowest BCUT2D eigenvalue weighted by Gasteiger charge is -2.13. The van der Waals surface area contributed by atoms with Crippen LogP contribution in [0.1, 0.15) is 39.0 Å². The smallest absolute Gasteiger partial charge is 0.278 e. The van der Waals surface area contributed by atoms with E-state index in [0.29, 0.717) is 35.8 Å². The first-order valence-corrected chi connectivity index (χ1v) is 16.4. The van der Waals surface area contributed by atoms with Gasteiger partial charge in [-0.05, 0) is 50.1 Å². The van der Waals surface area contributed by atoms with Crippen LogP contribution in [-0.4, -0.2) is 58.8 Å². The number of ether oxygens (including phenoxy) is 1. The zero-order chi connectivity index (χ0) is 30.0. The Morgan fingerprint density at radius 3 is 2.26 bits per heavy atom. The molecule has 0 unspecified atom stereocenters. The molecule has 0 radical (unpaired) electrons. The number of rotatable bonds is 11. The van der Waals surface area contributed by atoms with E-state index in [1.54, 1.807) is 49.7 Å². The minimum absolute atomic E-state index is 0.0442. The molecule has 5 rings (SSSR count). The summed E-state index contributed by atoms with van der Waals surface area (Å²) in [5.41, 5.74) is 3.25. The third-order valence-electron chi connectivity index (χ3n) is 7.39. The Hall–Kier alpha value is -4.27. The van der Waals surface area contributed by atoms with Gasteiger partial charge in [0.1, 0.15) is 26.0 Å². The first-order chi connectivity index (χ1) is 20.1. The summed E-state index contributed by atoms with van der Waals surface area (Å²) in [5, 5.41) is 13.5. The molecule has 0 saturated heterocycles. The van der Waals surface area contributed by atoms with Gasteiger partial charge in [-0.2, -0.15) is 0 Å². The monoisotopic (exact) mass is 589 g/mol. The van der Waals surface area contributed by atoms with Crippen LogP contribution < -0.4 is 19.9 Å². The van der Waals surface area contributed by atoms with Crippen molar-refractivity contribution in [3.8, 4) is 5.75 Å². The van der Waals surface area contributed by atoms with Crippen LogP contribution in [0.4, 0.5) is 0 Å². The van der Waals surface area contributed by atoms with Crippen LogP contribution in [0.5, 0.6) is 5.75 Å². The number of hydrogen-bond donors (Lipinski definition) is 2. The molecule has 2 N–H and O–H groups in total. The molecule has 42 heavy (non-hydrogen) atoms. The highest BCUT2D eigenvalue weighted by molar-refractivity contribution is 7.70. The van der Waals surface area contributed by atoms with Gasteiger partial charge in [-0.15, -0.1) is 0 Å². The largest absolute Gasteiger partial charge is 0.484 e. The molecule has 218 valence electrons. The molecule has 0 spiro atoms. The number of aliphatic hydroxyl groups is 1. The number of carbonyl (C=O) groups is 3. The zero-order valence-corrected chi connectivity index (χ0v) is 24.8. The number of aryl methyl sites for hydroxylation is 1. The highest BCUT2D eigenvalue weighted by atomic mass is 31.2. The molecule has 0 fully saturated rings. The molecule has 0 bridgehead atoms. The Morgan fingerprint density at radius 1 is 1.00 bits per heavy atom. The summed E-state index contributed by atoms with van der Waals surface area (Å²) in [6.07, 6.45) is 0. The van der Waals surface area contributed by atoms with Gasteiger partial charge >= 0.3 is 0 Å². The van der Waals surface area contributed by atoms with E-state index in [4.69, 9.17) is 4.74 Å². The number of nitrogens with one attached hydrogen (secondary N) is 1. The van der Waals surface area contributed by atoms with E-state index < -0.39 is 7.14 Å². The van der Waals surface area contributed by atoms with E-state index in [-0.39, 0.29) is 44.0 Å². The predicted molar refractivity (Wildman–Crippen MR) is 158 cm³/mol. The van der Waals surface area contributed by atoms with Gasteiger partial charge in [-0.1, -0.05) is 36.4 Å². The molecule has 0 atom stereocenters. The summed E-state index contributed by atoms with van der Waals surface area (Å²) in [4.78, 5) is 39.9. The number of fused-ring (bicyclic) bond motifs is 2. The van der Waals surface area contributed by atoms with Gasteiger partial charge in [-0.3, -0.25) is 19.3 Å². The number of hydrogen-bond acceptors (Lipinski definition) is 6. The Bertz CT molecular complexity index is 1690. The lowest BCUT2D eigenvalue weighted by atomic mass is 10.1. The summed E-state index contributed by atoms with van der Waals surface area (Å²) in [6.45, 7) is 6.25. The van der Waals surface area contributed by atoms with Crippen molar-refractivity contribution >= 4 is 41.2 Å². The van der Waals surface area contributed by atoms with Crippen molar-refractivity contribution in [2.45, 2.75) is 33.1 Å². The van der Waals surface area contributed by atoms with Crippen LogP contribution in [0.15, 0.2) is 66.7 Å². The van der Waals surface area contributed by atoms with Gasteiger partial charge in [0.2, 0.25) is 0 Å². The van der Waals surface area contributed by atoms with Crippen molar-refractivity contribution in [2.75, 3.05) is 26.5 Å². The fraction of sp³-hybridized carbons (Fsp3) is 0.290. The molecule has 10 nitrogen and oxygen atoms in total. The number of imidazole rings is 1. The number of aromatic nitrogens is 2. The fourth-order valence-electron chi connectivity index (χ4n) is 5.23. The second-order valence-electron chi connectivity index (χ2n) is 10.5. The van der Waals surface area contributed by atoms with E-state index in [1.807, 2.05) is 46.4 Å². The Kier molecular flexibility index (Phi) is 8.29. The van der Waals surface area contributed by atoms with E-state index in [1.165, 1.54) is 4.90 Å². The standard InChI is InChI=1S/C31H33N4O6P/c1-4-33-26-14-11-22(41-20-28(37)32-18-21-9-12-23(13-10-21)42(2,3)40)17-27(26)34(15-16-36)29(33)19-35-30(38)24-7-5-6-8-25(24)31(35)39/h5-14,17,36H,4,15-16,18-20H2,1-3H3/p+1. The first kappa shape index (κ1) is 29.2. The van der Waals surface area contributed by atoms with Gasteiger partial charge < -0.3 is 19.7 Å². The van der Waals surface area contributed by atoms with Gasteiger partial charge in [0, 0.05) is 17.9 Å². The van der Waals surface area contributed by atoms with Crippen LogP contribution in [0.2, 0.25) is 0 Å². The molecule has 2 heterocycles. The van der Waals surface area contributed by atoms with Gasteiger partial charge in [0.05, 0.1) is 24.3 Å². The van der Waals surface area contributed by atoms with E-state index >= 15 is 0 Å². The van der Waals surface area contributed by atoms with Crippen molar-refractivity contribution in [3.05, 3.63) is 89.2 Å². The van der Waals surface area contributed by atoms with Gasteiger partial charge in [0.15, 0.2) is 17.6 Å². The summed E-state index contributed by atoms with van der Waals surface area (Å²) < 4.78 is 21.9. The molecule has 4 aromatic rings. The van der Waals surface area contributed by atoms with Crippen LogP contribution >= 0.6 is 7.14 Å². The Balaban J connectivity index is 1.32. The fourth-order valence-corrected chi connectivity index (χ4v) is 6.10. The van der Waals surface area contributed by atoms with Crippen molar-refractivity contribution in [2.24, 2.45) is 0 Å². The molecule has 0 aliphatic carbocycles. The minimum Gasteiger partial charge on any atom is -0.484 e. The van der Waals surface area contributed by atoms with Crippen molar-refractivity contribution < 1.29 is 33.4 Å². The third-order valence-corrected chi connectivity index (χ3v) is 8.93. The molecule has 3 amide bonds. The van der Waals surface area contributed by atoms with E-state index in [2.05, 4.69) is 5.32 Å². The average Bonchev–Trinajstić information content (AvgIpc) is 3.40. The maximum Gasteiger partial charge on any atom is 0.278 e. The number of aliphatic hydroxyl groups excluding tert-OH is 1. The van der Waals surface area contributed by atoms with Crippen LogP contribution in [0.25, 0.3) is 11.0 Å². The number of carbonyl (C=O) groups excluding carboxylic acids is 3. The lowest BCUT2D eigenvalue weighted by molar-refractivity contribution is -0.677. The molecular formula is C31H34N4O6P+. The molecule has 11 heteroatoms. The predicted octanol–water partition coefficient (Wildman–Crippen LogP) is 2.68.